The molecular weight excluding hydrogens is 180 g/mol. The van der Waals surface area contributed by atoms with E-state index in [2.05, 4.69) is 15.9 Å². The third-order valence-electron chi connectivity index (χ3n) is 1.49. The highest BCUT2D eigenvalue weighted by Gasteiger charge is 2.07. The van der Waals surface area contributed by atoms with Crippen LogP contribution < -0.4 is 0 Å². The molecule has 1 nitrogen and oxygen atoms in total. The van der Waals surface area contributed by atoms with Crippen molar-refractivity contribution in [3.63, 3.8) is 0 Å². The highest BCUT2D eigenvalue weighted by Crippen LogP contribution is 2.26. The smallest absolute Gasteiger partial charge is 0.115 e. The average molecular weight is 189 g/mol. The summed E-state index contributed by atoms with van der Waals surface area (Å²) < 4.78 is 1.13. The summed E-state index contributed by atoms with van der Waals surface area (Å²) >= 11 is 3.37. The molecule has 0 unspecified atom stereocenters. The van der Waals surface area contributed by atoms with Gasteiger partial charge in [-0.25, -0.2) is 0 Å². The molecule has 0 bridgehead atoms. The monoisotopic (exact) mass is 188 g/mol. The normalized spacial score (nSPS) is 20.0. The number of hydrogen-bond donors (Lipinski definition) is 1. The lowest BCUT2D eigenvalue weighted by atomic mass is 10.1. The molecule has 9 heavy (non-hydrogen) atoms. The summed E-state index contributed by atoms with van der Waals surface area (Å²) in [6, 6.07) is 0. The van der Waals surface area contributed by atoms with Crippen molar-refractivity contribution in [3.05, 3.63) is 21.9 Å². The van der Waals surface area contributed by atoms with Crippen molar-refractivity contribution in [2.75, 3.05) is 0 Å². The van der Waals surface area contributed by atoms with Gasteiger partial charge in [0.05, 0.1) is 0 Å². The van der Waals surface area contributed by atoms with E-state index in [0.717, 1.165) is 22.9 Å². The van der Waals surface area contributed by atoms with Crippen LogP contribution in [0.15, 0.2) is 21.9 Å². The van der Waals surface area contributed by atoms with Crippen LogP contribution in [-0.4, -0.2) is 5.11 Å². The molecule has 0 saturated heterocycles. The number of rotatable bonds is 0. The van der Waals surface area contributed by atoms with E-state index in [1.54, 1.807) is 0 Å². The van der Waals surface area contributed by atoms with Gasteiger partial charge >= 0.3 is 0 Å². The zero-order chi connectivity index (χ0) is 6.85. The van der Waals surface area contributed by atoms with Crippen LogP contribution in [0.2, 0.25) is 0 Å². The fourth-order valence-electron chi connectivity index (χ4n) is 0.815. The summed E-state index contributed by atoms with van der Waals surface area (Å²) in [5.41, 5.74) is 0.973. The number of allylic oxidation sites excluding steroid dienone is 3. The van der Waals surface area contributed by atoms with Crippen LogP contribution in [0.3, 0.4) is 0 Å². The number of hydrogen-bond acceptors (Lipinski definition) is 1. The Morgan fingerprint density at radius 1 is 1.67 bits per heavy atom. The van der Waals surface area contributed by atoms with Gasteiger partial charge in [-0.1, -0.05) is 15.9 Å². The van der Waals surface area contributed by atoms with Crippen LogP contribution in [0.4, 0.5) is 0 Å². The Labute approximate surface area is 63.2 Å². The second-order valence-electron chi connectivity index (χ2n) is 2.16. The third-order valence-corrected chi connectivity index (χ3v) is 2.48. The van der Waals surface area contributed by atoms with Gasteiger partial charge in [0.1, 0.15) is 5.76 Å². The molecule has 0 atom stereocenters. The van der Waals surface area contributed by atoms with E-state index in [9.17, 15) is 0 Å². The summed E-state index contributed by atoms with van der Waals surface area (Å²) in [4.78, 5) is 0. The standard InChI is InChI=1S/C7H9BrO/c1-5-6(8)3-2-4-7(5)9/h4,9H,2-3H2,1H3. The first-order chi connectivity index (χ1) is 4.22. The van der Waals surface area contributed by atoms with Crippen LogP contribution >= 0.6 is 15.9 Å². The molecule has 0 amide bonds. The van der Waals surface area contributed by atoms with Gasteiger partial charge in [-0.15, -0.1) is 0 Å². The van der Waals surface area contributed by atoms with E-state index >= 15 is 0 Å². The lowest BCUT2D eigenvalue weighted by molar-refractivity contribution is 0.417. The predicted molar refractivity (Wildman–Crippen MR) is 41.6 cm³/mol. The largest absolute Gasteiger partial charge is 0.508 e. The molecule has 0 aromatic carbocycles. The minimum atomic E-state index is 0.424. The summed E-state index contributed by atoms with van der Waals surface area (Å²) in [7, 11) is 0. The van der Waals surface area contributed by atoms with Crippen molar-refractivity contribution in [3.8, 4) is 0 Å². The fourth-order valence-corrected chi connectivity index (χ4v) is 1.25. The summed E-state index contributed by atoms with van der Waals surface area (Å²) in [5.74, 6) is 0.424. The molecule has 1 N–H and O–H groups in total. The minimum absolute atomic E-state index is 0.424. The molecule has 0 aromatic rings. The maximum Gasteiger partial charge on any atom is 0.115 e. The molecule has 1 rings (SSSR count). The van der Waals surface area contributed by atoms with Crippen molar-refractivity contribution in [2.24, 2.45) is 0 Å². The minimum Gasteiger partial charge on any atom is -0.508 e. The Morgan fingerprint density at radius 3 is 2.78 bits per heavy atom. The molecule has 50 valence electrons. The first-order valence-corrected chi connectivity index (χ1v) is 3.76. The Hall–Kier alpha value is -0.240. The number of aliphatic hydroxyl groups is 1. The van der Waals surface area contributed by atoms with E-state index in [1.807, 2.05) is 13.0 Å². The van der Waals surface area contributed by atoms with E-state index in [4.69, 9.17) is 5.11 Å². The molecule has 2 heteroatoms. The molecule has 0 aliphatic heterocycles. The average Bonchev–Trinajstić information content (AvgIpc) is 1.83. The molecule has 0 fully saturated rings. The van der Waals surface area contributed by atoms with Gasteiger partial charge in [-0.3, -0.25) is 0 Å². The topological polar surface area (TPSA) is 20.2 Å². The highest BCUT2D eigenvalue weighted by atomic mass is 79.9. The van der Waals surface area contributed by atoms with Crippen molar-refractivity contribution in [2.45, 2.75) is 19.8 Å². The van der Waals surface area contributed by atoms with Crippen LogP contribution in [0.1, 0.15) is 19.8 Å². The maximum atomic E-state index is 9.12. The highest BCUT2D eigenvalue weighted by molar-refractivity contribution is 9.11. The lowest BCUT2D eigenvalue weighted by Gasteiger charge is -2.09. The molecule has 0 saturated carbocycles. The van der Waals surface area contributed by atoms with Gasteiger partial charge < -0.3 is 5.11 Å². The Balaban J connectivity index is 2.88. The van der Waals surface area contributed by atoms with E-state index in [-0.39, 0.29) is 0 Å². The van der Waals surface area contributed by atoms with Gasteiger partial charge in [0, 0.05) is 10.1 Å². The quantitative estimate of drug-likeness (QED) is 0.621. The molecule has 0 aromatic heterocycles. The number of halogens is 1. The molecule has 1 aliphatic rings. The van der Waals surface area contributed by atoms with E-state index in [0.29, 0.717) is 5.76 Å². The molecule has 0 radical (unpaired) electrons. The Morgan fingerprint density at radius 2 is 2.33 bits per heavy atom. The van der Waals surface area contributed by atoms with Gasteiger partial charge in [0.15, 0.2) is 0 Å². The van der Waals surface area contributed by atoms with Gasteiger partial charge in [0.25, 0.3) is 0 Å². The van der Waals surface area contributed by atoms with Crippen molar-refractivity contribution in [1.82, 2.24) is 0 Å². The van der Waals surface area contributed by atoms with Gasteiger partial charge in [0.2, 0.25) is 0 Å². The third kappa shape index (κ3) is 1.36. The van der Waals surface area contributed by atoms with E-state index < -0.39 is 0 Å². The van der Waals surface area contributed by atoms with E-state index in [1.165, 1.54) is 0 Å². The summed E-state index contributed by atoms with van der Waals surface area (Å²) in [5, 5.41) is 9.12. The van der Waals surface area contributed by atoms with Crippen LogP contribution in [0.25, 0.3) is 0 Å². The molecule has 1 aliphatic carbocycles. The van der Waals surface area contributed by atoms with Crippen molar-refractivity contribution in [1.29, 1.82) is 0 Å². The SMILES string of the molecule is CC1=C(Br)CCC=C1O. The second-order valence-corrected chi connectivity index (χ2v) is 3.12. The summed E-state index contributed by atoms with van der Waals surface area (Å²) in [6.45, 7) is 1.91. The zero-order valence-electron chi connectivity index (χ0n) is 5.32. The Kier molecular flexibility index (Phi) is 1.96. The molecular formula is C7H9BrO. The van der Waals surface area contributed by atoms with Crippen molar-refractivity contribution < 1.29 is 5.11 Å². The Bertz CT molecular complexity index is 179. The van der Waals surface area contributed by atoms with Gasteiger partial charge in [-0.05, 0) is 25.8 Å². The maximum absolute atomic E-state index is 9.12. The first-order valence-electron chi connectivity index (χ1n) is 2.96. The van der Waals surface area contributed by atoms with Crippen molar-refractivity contribution >= 4 is 15.9 Å². The van der Waals surface area contributed by atoms with Gasteiger partial charge in [-0.2, -0.15) is 0 Å². The second kappa shape index (κ2) is 2.56. The molecule has 0 spiro atoms. The van der Waals surface area contributed by atoms with Crippen LogP contribution in [0.5, 0.6) is 0 Å². The van der Waals surface area contributed by atoms with Crippen LogP contribution in [-0.2, 0) is 0 Å². The first kappa shape index (κ1) is 6.87. The number of aliphatic hydroxyl groups excluding tert-OH is 1. The van der Waals surface area contributed by atoms with Crippen LogP contribution in [0, 0.1) is 0 Å². The summed E-state index contributed by atoms with van der Waals surface area (Å²) in [6.07, 6.45) is 3.82. The molecule has 0 heterocycles. The fraction of sp³-hybridized carbons (Fsp3) is 0.429. The lowest BCUT2D eigenvalue weighted by Crippen LogP contribution is -1.92. The zero-order valence-corrected chi connectivity index (χ0v) is 6.90. The predicted octanol–water partition coefficient (Wildman–Crippen LogP) is 2.89.